The standard InChI is InChI=1S/C16H23NO4/c18-15(13-4-2-1-3-5-13)12-17-9-6-14(7-10-17)21-11-8-16(19)20/h1-5,14-15,18H,6-12H2,(H,19,20). The van der Waals surface area contributed by atoms with Gasteiger partial charge in [-0.05, 0) is 18.4 Å². The Kier molecular flexibility index (Phi) is 6.17. The largest absolute Gasteiger partial charge is 0.481 e. The topological polar surface area (TPSA) is 70.0 Å². The summed E-state index contributed by atoms with van der Waals surface area (Å²) in [5, 5.41) is 18.8. The van der Waals surface area contributed by atoms with Gasteiger partial charge >= 0.3 is 5.97 Å². The molecule has 0 spiro atoms. The van der Waals surface area contributed by atoms with Gasteiger partial charge in [0.25, 0.3) is 0 Å². The molecule has 21 heavy (non-hydrogen) atoms. The van der Waals surface area contributed by atoms with Crippen LogP contribution in [-0.4, -0.2) is 53.4 Å². The molecule has 116 valence electrons. The third-order valence-corrected chi connectivity index (χ3v) is 3.82. The van der Waals surface area contributed by atoms with Gasteiger partial charge < -0.3 is 19.8 Å². The molecule has 0 aliphatic carbocycles. The van der Waals surface area contributed by atoms with Crippen LogP contribution in [-0.2, 0) is 9.53 Å². The zero-order chi connectivity index (χ0) is 15.1. The first-order chi connectivity index (χ1) is 10.1. The Balaban J connectivity index is 1.68. The summed E-state index contributed by atoms with van der Waals surface area (Å²) in [5.41, 5.74) is 0.942. The third-order valence-electron chi connectivity index (χ3n) is 3.82. The molecule has 2 rings (SSSR count). The van der Waals surface area contributed by atoms with E-state index in [2.05, 4.69) is 4.90 Å². The van der Waals surface area contributed by atoms with E-state index in [0.717, 1.165) is 31.5 Å². The number of likely N-dealkylation sites (tertiary alicyclic amines) is 1. The molecule has 1 aliphatic rings. The maximum Gasteiger partial charge on any atom is 0.305 e. The molecule has 0 radical (unpaired) electrons. The van der Waals surface area contributed by atoms with Gasteiger partial charge in [0.15, 0.2) is 0 Å². The zero-order valence-corrected chi connectivity index (χ0v) is 12.1. The molecule has 2 N–H and O–H groups in total. The first-order valence-electron chi connectivity index (χ1n) is 7.44. The summed E-state index contributed by atoms with van der Waals surface area (Å²) in [7, 11) is 0. The number of ether oxygens (including phenoxy) is 1. The molecule has 0 aromatic heterocycles. The van der Waals surface area contributed by atoms with Crippen molar-refractivity contribution < 1.29 is 19.7 Å². The second-order valence-electron chi connectivity index (χ2n) is 5.44. The number of benzene rings is 1. The van der Waals surface area contributed by atoms with Crippen LogP contribution in [0.15, 0.2) is 30.3 Å². The van der Waals surface area contributed by atoms with Gasteiger partial charge in [0.05, 0.1) is 25.2 Å². The van der Waals surface area contributed by atoms with Crippen LogP contribution in [0.1, 0.15) is 30.9 Å². The lowest BCUT2D eigenvalue weighted by atomic mass is 10.1. The lowest BCUT2D eigenvalue weighted by Gasteiger charge is -2.33. The summed E-state index contributed by atoms with van der Waals surface area (Å²) >= 11 is 0. The third kappa shape index (κ3) is 5.46. The van der Waals surface area contributed by atoms with Crippen LogP contribution < -0.4 is 0 Å². The fraction of sp³-hybridized carbons (Fsp3) is 0.562. The molecule has 5 heteroatoms. The molecule has 1 fully saturated rings. The van der Waals surface area contributed by atoms with Gasteiger partial charge in [-0.25, -0.2) is 0 Å². The number of hydrogen-bond donors (Lipinski definition) is 2. The van der Waals surface area contributed by atoms with Gasteiger partial charge in [-0.3, -0.25) is 4.79 Å². The molecule has 0 bridgehead atoms. The van der Waals surface area contributed by atoms with Crippen molar-refractivity contribution in [1.82, 2.24) is 4.90 Å². The van der Waals surface area contributed by atoms with Gasteiger partial charge in [0.2, 0.25) is 0 Å². The molecule has 1 unspecified atom stereocenters. The van der Waals surface area contributed by atoms with E-state index in [0.29, 0.717) is 6.54 Å². The maximum atomic E-state index is 10.4. The van der Waals surface area contributed by atoms with E-state index in [1.165, 1.54) is 0 Å². The van der Waals surface area contributed by atoms with E-state index >= 15 is 0 Å². The van der Waals surface area contributed by atoms with E-state index < -0.39 is 12.1 Å². The number of nitrogens with zero attached hydrogens (tertiary/aromatic N) is 1. The van der Waals surface area contributed by atoms with E-state index in [9.17, 15) is 9.90 Å². The first-order valence-corrected chi connectivity index (χ1v) is 7.44. The fourth-order valence-electron chi connectivity index (χ4n) is 2.60. The Bertz CT molecular complexity index is 429. The Labute approximate surface area is 125 Å². The van der Waals surface area contributed by atoms with Crippen LogP contribution in [0.25, 0.3) is 0 Å². The smallest absolute Gasteiger partial charge is 0.305 e. The maximum absolute atomic E-state index is 10.4. The summed E-state index contributed by atoms with van der Waals surface area (Å²) in [6, 6.07) is 9.68. The Hall–Kier alpha value is -1.43. The summed E-state index contributed by atoms with van der Waals surface area (Å²) in [5.74, 6) is -0.821. The van der Waals surface area contributed by atoms with Crippen LogP contribution in [0.5, 0.6) is 0 Å². The minimum atomic E-state index is -0.821. The lowest BCUT2D eigenvalue weighted by Crippen LogP contribution is -2.39. The van der Waals surface area contributed by atoms with Crippen molar-refractivity contribution in [1.29, 1.82) is 0 Å². The molecule has 5 nitrogen and oxygen atoms in total. The van der Waals surface area contributed by atoms with Gasteiger partial charge in [-0.1, -0.05) is 30.3 Å². The number of aliphatic hydroxyl groups excluding tert-OH is 1. The Morgan fingerprint density at radius 2 is 1.95 bits per heavy atom. The van der Waals surface area contributed by atoms with Crippen LogP contribution in [0.4, 0.5) is 0 Å². The molecule has 0 amide bonds. The van der Waals surface area contributed by atoms with E-state index in [1.54, 1.807) is 0 Å². The number of piperidine rings is 1. The summed E-state index contributed by atoms with van der Waals surface area (Å²) in [6.07, 6.45) is 1.53. The number of carboxylic acid groups (broad SMARTS) is 1. The summed E-state index contributed by atoms with van der Waals surface area (Å²) in [4.78, 5) is 12.7. The van der Waals surface area contributed by atoms with E-state index in [-0.39, 0.29) is 19.1 Å². The molecule has 1 heterocycles. The molecule has 0 saturated carbocycles. The second kappa shape index (κ2) is 8.12. The number of carbonyl (C=O) groups is 1. The highest BCUT2D eigenvalue weighted by Gasteiger charge is 2.22. The Morgan fingerprint density at radius 3 is 2.57 bits per heavy atom. The van der Waals surface area contributed by atoms with Crippen molar-refractivity contribution in [3.63, 3.8) is 0 Å². The number of aliphatic carboxylic acids is 1. The van der Waals surface area contributed by atoms with Gasteiger partial charge in [-0.2, -0.15) is 0 Å². The highest BCUT2D eigenvalue weighted by atomic mass is 16.5. The zero-order valence-electron chi connectivity index (χ0n) is 12.1. The summed E-state index contributed by atoms with van der Waals surface area (Å²) in [6.45, 7) is 2.67. The van der Waals surface area contributed by atoms with E-state index in [4.69, 9.17) is 9.84 Å². The molecule has 1 aliphatic heterocycles. The Morgan fingerprint density at radius 1 is 1.29 bits per heavy atom. The molecule has 1 aromatic rings. The predicted octanol–water partition coefficient (Wildman–Crippen LogP) is 1.68. The number of rotatable bonds is 7. The van der Waals surface area contributed by atoms with Crippen molar-refractivity contribution in [2.24, 2.45) is 0 Å². The van der Waals surface area contributed by atoms with Crippen molar-refractivity contribution in [2.45, 2.75) is 31.5 Å². The SMILES string of the molecule is O=C(O)CCOC1CCN(CC(O)c2ccccc2)CC1. The first kappa shape index (κ1) is 15.9. The number of β-amino-alcohol motifs (C(OH)–C–C–N with tert-alkyl or cyclic N) is 1. The van der Waals surface area contributed by atoms with Crippen molar-refractivity contribution in [2.75, 3.05) is 26.2 Å². The summed E-state index contributed by atoms with van der Waals surface area (Å²) < 4.78 is 5.56. The van der Waals surface area contributed by atoms with Crippen LogP contribution >= 0.6 is 0 Å². The molecular weight excluding hydrogens is 270 g/mol. The van der Waals surface area contributed by atoms with Gasteiger partial charge in [0, 0.05) is 19.6 Å². The molecular formula is C16H23NO4. The quantitative estimate of drug-likeness (QED) is 0.800. The fourth-order valence-corrected chi connectivity index (χ4v) is 2.60. The molecule has 1 atom stereocenters. The van der Waals surface area contributed by atoms with Crippen LogP contribution in [0.3, 0.4) is 0 Å². The lowest BCUT2D eigenvalue weighted by molar-refractivity contribution is -0.138. The number of carboxylic acids is 1. The van der Waals surface area contributed by atoms with Crippen LogP contribution in [0, 0.1) is 0 Å². The van der Waals surface area contributed by atoms with Crippen molar-refractivity contribution in [3.05, 3.63) is 35.9 Å². The number of hydrogen-bond acceptors (Lipinski definition) is 4. The minimum Gasteiger partial charge on any atom is -0.481 e. The average Bonchev–Trinajstić information content (AvgIpc) is 2.49. The van der Waals surface area contributed by atoms with Crippen molar-refractivity contribution in [3.8, 4) is 0 Å². The van der Waals surface area contributed by atoms with Gasteiger partial charge in [-0.15, -0.1) is 0 Å². The van der Waals surface area contributed by atoms with Crippen molar-refractivity contribution >= 4 is 5.97 Å². The predicted molar refractivity (Wildman–Crippen MR) is 79.1 cm³/mol. The molecule has 1 saturated heterocycles. The minimum absolute atomic E-state index is 0.0624. The second-order valence-corrected chi connectivity index (χ2v) is 5.44. The average molecular weight is 293 g/mol. The monoisotopic (exact) mass is 293 g/mol. The normalized spacial score (nSPS) is 18.5. The van der Waals surface area contributed by atoms with E-state index in [1.807, 2.05) is 30.3 Å². The van der Waals surface area contributed by atoms with Crippen LogP contribution in [0.2, 0.25) is 0 Å². The number of aliphatic hydroxyl groups is 1. The van der Waals surface area contributed by atoms with Gasteiger partial charge in [0.1, 0.15) is 0 Å². The highest BCUT2D eigenvalue weighted by molar-refractivity contribution is 5.66. The molecule has 1 aromatic carbocycles. The highest BCUT2D eigenvalue weighted by Crippen LogP contribution is 2.18.